The predicted molar refractivity (Wildman–Crippen MR) is 120 cm³/mol. The number of nitrogens with one attached hydrogen (secondary N) is 1. The molecule has 0 saturated heterocycles. The molecule has 0 fully saturated rings. The van der Waals surface area contributed by atoms with Gasteiger partial charge in [-0.25, -0.2) is 13.2 Å². The summed E-state index contributed by atoms with van der Waals surface area (Å²) in [7, 11) is -2.50. The van der Waals surface area contributed by atoms with Crippen molar-refractivity contribution in [3.05, 3.63) is 53.6 Å². The molecule has 31 heavy (non-hydrogen) atoms. The summed E-state index contributed by atoms with van der Waals surface area (Å²) in [6, 6.07) is 10.3. The third-order valence-corrected chi connectivity index (χ3v) is 5.83. The van der Waals surface area contributed by atoms with Crippen molar-refractivity contribution in [1.29, 1.82) is 0 Å². The summed E-state index contributed by atoms with van der Waals surface area (Å²) in [4.78, 5) is 24.9. The van der Waals surface area contributed by atoms with Crippen molar-refractivity contribution in [2.24, 2.45) is 0 Å². The van der Waals surface area contributed by atoms with Gasteiger partial charge >= 0.3 is 5.97 Å². The number of ether oxygens (including phenoxy) is 2. The SMILES string of the molecule is CCOc1ccc(N(C(CC)C(=O)Nc2cc(C(=O)OC)ccc2C)S(C)(=O)=O)cc1. The maximum absolute atomic E-state index is 13.1. The molecule has 8 nitrogen and oxygen atoms in total. The first kappa shape index (κ1) is 24.2. The number of benzene rings is 2. The molecule has 0 aliphatic carbocycles. The van der Waals surface area contributed by atoms with Crippen LogP contribution in [0, 0.1) is 6.92 Å². The number of anilines is 2. The third-order valence-electron chi connectivity index (χ3n) is 4.65. The minimum Gasteiger partial charge on any atom is -0.494 e. The van der Waals surface area contributed by atoms with Crippen molar-refractivity contribution in [2.45, 2.75) is 33.2 Å². The molecule has 1 atom stereocenters. The topological polar surface area (TPSA) is 102 Å². The minimum atomic E-state index is -3.77. The van der Waals surface area contributed by atoms with Crippen LogP contribution >= 0.6 is 0 Å². The van der Waals surface area contributed by atoms with Crippen molar-refractivity contribution in [3.8, 4) is 5.75 Å². The van der Waals surface area contributed by atoms with Gasteiger partial charge in [0.25, 0.3) is 0 Å². The molecule has 0 spiro atoms. The lowest BCUT2D eigenvalue weighted by Gasteiger charge is -2.30. The molecule has 0 aliphatic heterocycles. The maximum atomic E-state index is 13.1. The van der Waals surface area contributed by atoms with Crippen LogP contribution in [0.3, 0.4) is 0 Å². The van der Waals surface area contributed by atoms with Crippen LogP contribution in [-0.4, -0.2) is 46.3 Å². The number of amides is 1. The van der Waals surface area contributed by atoms with Gasteiger partial charge in [-0.2, -0.15) is 0 Å². The molecule has 0 radical (unpaired) electrons. The number of aryl methyl sites for hydroxylation is 1. The fraction of sp³-hybridized carbons (Fsp3) is 0.364. The number of carbonyl (C=O) groups is 2. The Kier molecular flexibility index (Phi) is 8.04. The van der Waals surface area contributed by atoms with Gasteiger partial charge in [0.2, 0.25) is 15.9 Å². The number of hydrogen-bond acceptors (Lipinski definition) is 6. The van der Waals surface area contributed by atoms with Crippen LogP contribution in [0.15, 0.2) is 42.5 Å². The Morgan fingerprint density at radius 2 is 1.74 bits per heavy atom. The smallest absolute Gasteiger partial charge is 0.337 e. The number of rotatable bonds is 9. The van der Waals surface area contributed by atoms with Crippen LogP contribution in [0.1, 0.15) is 36.2 Å². The van der Waals surface area contributed by atoms with E-state index in [0.29, 0.717) is 23.7 Å². The van der Waals surface area contributed by atoms with Gasteiger partial charge in [0.1, 0.15) is 11.8 Å². The van der Waals surface area contributed by atoms with Crippen LogP contribution in [0.25, 0.3) is 0 Å². The molecule has 2 rings (SSSR count). The molecule has 1 amide bonds. The quantitative estimate of drug-likeness (QED) is 0.590. The minimum absolute atomic E-state index is 0.238. The van der Waals surface area contributed by atoms with Gasteiger partial charge in [-0.15, -0.1) is 0 Å². The summed E-state index contributed by atoms with van der Waals surface area (Å²) in [6.45, 7) is 5.84. The standard InChI is InChI=1S/C22H28N2O6S/c1-6-20(21(25)23-19-14-16(22(26)29-4)9-8-15(19)3)24(31(5,27)28)17-10-12-18(13-11-17)30-7-2/h8-14,20H,6-7H2,1-5H3,(H,23,25). The van der Waals surface area contributed by atoms with E-state index >= 15 is 0 Å². The Balaban J connectivity index is 2.38. The van der Waals surface area contributed by atoms with Crippen molar-refractivity contribution in [1.82, 2.24) is 0 Å². The largest absolute Gasteiger partial charge is 0.494 e. The highest BCUT2D eigenvalue weighted by Crippen LogP contribution is 2.26. The Morgan fingerprint density at radius 3 is 2.26 bits per heavy atom. The van der Waals surface area contributed by atoms with E-state index in [1.54, 1.807) is 50.2 Å². The number of sulfonamides is 1. The lowest BCUT2D eigenvalue weighted by atomic mass is 10.1. The molecule has 2 aromatic rings. The molecule has 0 aromatic heterocycles. The third kappa shape index (κ3) is 5.97. The van der Waals surface area contributed by atoms with E-state index in [4.69, 9.17) is 9.47 Å². The predicted octanol–water partition coefficient (Wildman–Crippen LogP) is 3.36. The summed E-state index contributed by atoms with van der Waals surface area (Å²) in [5.41, 5.74) is 1.77. The zero-order valence-corrected chi connectivity index (χ0v) is 19.2. The zero-order chi connectivity index (χ0) is 23.2. The lowest BCUT2D eigenvalue weighted by Crippen LogP contribution is -2.47. The second kappa shape index (κ2) is 10.3. The summed E-state index contributed by atoms with van der Waals surface area (Å²) in [5, 5.41) is 2.76. The van der Waals surface area contributed by atoms with Crippen LogP contribution in [-0.2, 0) is 19.6 Å². The molecule has 1 unspecified atom stereocenters. The second-order valence-corrected chi connectivity index (χ2v) is 8.78. The first-order valence-corrected chi connectivity index (χ1v) is 11.7. The summed E-state index contributed by atoms with van der Waals surface area (Å²) >= 11 is 0. The molecule has 0 heterocycles. The van der Waals surface area contributed by atoms with Crippen molar-refractivity contribution in [2.75, 3.05) is 29.6 Å². The highest BCUT2D eigenvalue weighted by molar-refractivity contribution is 7.92. The van der Waals surface area contributed by atoms with Crippen LogP contribution in [0.4, 0.5) is 11.4 Å². The molecule has 2 aromatic carbocycles. The average Bonchev–Trinajstić information content (AvgIpc) is 2.73. The number of esters is 1. The van der Waals surface area contributed by atoms with Crippen LogP contribution in [0.2, 0.25) is 0 Å². The number of methoxy groups -OCH3 is 1. The molecule has 1 N–H and O–H groups in total. The molecule has 168 valence electrons. The molecule has 0 aliphatic rings. The Labute approximate surface area is 183 Å². The van der Waals surface area contributed by atoms with Gasteiger partial charge in [-0.05, 0) is 62.2 Å². The van der Waals surface area contributed by atoms with Gasteiger partial charge in [0.15, 0.2) is 0 Å². The number of carbonyl (C=O) groups excluding carboxylic acids is 2. The Bertz CT molecular complexity index is 1030. The maximum Gasteiger partial charge on any atom is 0.337 e. The van der Waals surface area contributed by atoms with Gasteiger partial charge in [0.05, 0.1) is 31.2 Å². The van der Waals surface area contributed by atoms with E-state index < -0.39 is 27.9 Å². The summed E-state index contributed by atoms with van der Waals surface area (Å²) in [6.07, 6.45) is 1.30. The highest BCUT2D eigenvalue weighted by Gasteiger charge is 2.32. The summed E-state index contributed by atoms with van der Waals surface area (Å²) < 4.78 is 36.4. The van der Waals surface area contributed by atoms with Crippen molar-refractivity contribution >= 4 is 33.3 Å². The first-order chi connectivity index (χ1) is 14.6. The van der Waals surface area contributed by atoms with E-state index in [0.717, 1.165) is 16.1 Å². The second-order valence-electron chi connectivity index (χ2n) is 6.92. The lowest BCUT2D eigenvalue weighted by molar-refractivity contribution is -0.117. The number of hydrogen-bond donors (Lipinski definition) is 1. The van der Waals surface area contributed by atoms with E-state index in [-0.39, 0.29) is 12.0 Å². The Hall–Kier alpha value is -3.07. The van der Waals surface area contributed by atoms with Crippen LogP contribution in [0.5, 0.6) is 5.75 Å². The summed E-state index contributed by atoms with van der Waals surface area (Å²) in [5.74, 6) is -0.436. The van der Waals surface area contributed by atoms with Gasteiger partial charge < -0.3 is 14.8 Å². The zero-order valence-electron chi connectivity index (χ0n) is 18.3. The Morgan fingerprint density at radius 1 is 1.10 bits per heavy atom. The molecule has 0 bridgehead atoms. The van der Waals surface area contributed by atoms with Crippen LogP contribution < -0.4 is 14.4 Å². The molecule has 9 heteroatoms. The molecular formula is C22H28N2O6S. The van der Waals surface area contributed by atoms with Gasteiger partial charge in [-0.1, -0.05) is 13.0 Å². The monoisotopic (exact) mass is 448 g/mol. The highest BCUT2D eigenvalue weighted by atomic mass is 32.2. The van der Waals surface area contributed by atoms with Gasteiger partial charge in [-0.3, -0.25) is 9.10 Å². The fourth-order valence-electron chi connectivity index (χ4n) is 3.13. The van der Waals surface area contributed by atoms with Crippen molar-refractivity contribution in [3.63, 3.8) is 0 Å². The number of nitrogens with zero attached hydrogens (tertiary/aromatic N) is 1. The average molecular weight is 449 g/mol. The van der Waals surface area contributed by atoms with E-state index in [2.05, 4.69) is 5.32 Å². The first-order valence-electron chi connectivity index (χ1n) is 9.84. The molecule has 0 saturated carbocycles. The fourth-order valence-corrected chi connectivity index (χ4v) is 4.35. The molecular weight excluding hydrogens is 420 g/mol. The van der Waals surface area contributed by atoms with Gasteiger partial charge in [0, 0.05) is 5.69 Å². The van der Waals surface area contributed by atoms with E-state index in [9.17, 15) is 18.0 Å². The van der Waals surface area contributed by atoms with E-state index in [1.807, 2.05) is 6.92 Å². The van der Waals surface area contributed by atoms with E-state index in [1.165, 1.54) is 13.2 Å². The normalized spacial score (nSPS) is 12.0. The van der Waals surface area contributed by atoms with Crippen molar-refractivity contribution < 1.29 is 27.5 Å².